The van der Waals surface area contributed by atoms with Crippen LogP contribution in [0.15, 0.2) is 11.0 Å². The van der Waals surface area contributed by atoms with E-state index in [1.54, 1.807) is 25.2 Å². The van der Waals surface area contributed by atoms with Gasteiger partial charge in [0.25, 0.3) is 0 Å². The summed E-state index contributed by atoms with van der Waals surface area (Å²) in [5, 5.41) is 25.0. The fourth-order valence-electron chi connectivity index (χ4n) is 4.98. The molecule has 2 rings (SSSR count). The van der Waals surface area contributed by atoms with E-state index in [0.29, 0.717) is 18.8 Å². The van der Waals surface area contributed by atoms with Crippen LogP contribution in [0.5, 0.6) is 0 Å². The van der Waals surface area contributed by atoms with Gasteiger partial charge in [-0.3, -0.25) is 9.59 Å². The molecule has 1 aliphatic rings. The third-order valence-corrected chi connectivity index (χ3v) is 8.63. The predicted molar refractivity (Wildman–Crippen MR) is 141 cm³/mol. The van der Waals surface area contributed by atoms with E-state index in [2.05, 4.69) is 11.9 Å². The Kier molecular flexibility index (Phi) is 10.3. The molecule has 1 aliphatic heterocycles. The summed E-state index contributed by atoms with van der Waals surface area (Å²) in [6.45, 7) is 15.1. The van der Waals surface area contributed by atoms with Crippen molar-refractivity contribution in [2.24, 2.45) is 23.2 Å². The summed E-state index contributed by atoms with van der Waals surface area (Å²) >= 11 is 1.55. The van der Waals surface area contributed by atoms with Crippen molar-refractivity contribution in [3.8, 4) is 0 Å². The Labute approximate surface area is 215 Å². The van der Waals surface area contributed by atoms with Crippen LogP contribution in [-0.2, 0) is 14.3 Å². The summed E-state index contributed by atoms with van der Waals surface area (Å²) in [6.07, 6.45) is 3.53. The number of esters is 1. The molecule has 0 aliphatic carbocycles. The smallest absolute Gasteiger partial charge is 0.309 e. The highest BCUT2D eigenvalue weighted by Crippen LogP contribution is 2.34. The van der Waals surface area contributed by atoms with Gasteiger partial charge in [0.1, 0.15) is 11.9 Å². The molecule has 0 spiro atoms. The second-order valence-corrected chi connectivity index (χ2v) is 12.7. The van der Waals surface area contributed by atoms with Crippen molar-refractivity contribution in [3.63, 3.8) is 0 Å². The summed E-state index contributed by atoms with van der Waals surface area (Å²) < 4.78 is 5.88. The third kappa shape index (κ3) is 8.22. The molecule has 2 N–H and O–H groups in total. The topological polar surface area (TPSA) is 96.7 Å². The van der Waals surface area contributed by atoms with Gasteiger partial charge in [-0.25, -0.2) is 4.98 Å². The molecule has 1 aromatic rings. The second-order valence-electron chi connectivity index (χ2n) is 11.6. The lowest BCUT2D eigenvalue weighted by molar-refractivity contribution is -0.155. The van der Waals surface area contributed by atoms with E-state index in [4.69, 9.17) is 4.74 Å². The fraction of sp³-hybridized carbons (Fsp3) is 0.750. The maximum absolute atomic E-state index is 13.2. The van der Waals surface area contributed by atoms with Gasteiger partial charge in [-0.1, -0.05) is 47.5 Å². The molecular formula is C28H45NO5S. The number of ether oxygens (including phenoxy) is 1. The summed E-state index contributed by atoms with van der Waals surface area (Å²) in [4.78, 5) is 30.6. The maximum Gasteiger partial charge on any atom is 0.309 e. The summed E-state index contributed by atoms with van der Waals surface area (Å²) in [5.41, 5.74) is -0.325. The molecule has 0 radical (unpaired) electrons. The molecule has 198 valence electrons. The highest BCUT2D eigenvalue weighted by molar-refractivity contribution is 7.09. The highest BCUT2D eigenvalue weighted by Gasteiger charge is 2.40. The first kappa shape index (κ1) is 29.7. The molecule has 2 heterocycles. The van der Waals surface area contributed by atoms with Crippen LogP contribution >= 0.6 is 11.3 Å². The molecule has 6 atom stereocenters. The number of aryl methyl sites for hydroxylation is 1. The number of aromatic nitrogens is 1. The Bertz CT molecular complexity index is 903. The van der Waals surface area contributed by atoms with Crippen LogP contribution in [0.25, 0.3) is 6.08 Å². The summed E-state index contributed by atoms with van der Waals surface area (Å²) in [5.74, 6) is -0.608. The second kappa shape index (κ2) is 12.1. The molecule has 1 fully saturated rings. The Morgan fingerprint density at radius 1 is 1.20 bits per heavy atom. The number of hydrogen-bond donors (Lipinski definition) is 2. The Hall–Kier alpha value is -1.57. The molecule has 0 amide bonds. The number of carbonyl (C=O) groups is 2. The van der Waals surface area contributed by atoms with Gasteiger partial charge in [0, 0.05) is 11.3 Å². The zero-order valence-corrected chi connectivity index (χ0v) is 23.6. The van der Waals surface area contributed by atoms with Crippen LogP contribution in [0.4, 0.5) is 0 Å². The first-order chi connectivity index (χ1) is 16.1. The van der Waals surface area contributed by atoms with E-state index in [-0.39, 0.29) is 24.0 Å². The van der Waals surface area contributed by atoms with E-state index >= 15 is 0 Å². The highest BCUT2D eigenvalue weighted by atomic mass is 32.1. The number of ketones is 1. The third-order valence-electron chi connectivity index (χ3n) is 7.83. The maximum atomic E-state index is 13.2. The van der Waals surface area contributed by atoms with E-state index in [1.165, 1.54) is 0 Å². The van der Waals surface area contributed by atoms with Crippen molar-refractivity contribution in [2.75, 3.05) is 0 Å². The van der Waals surface area contributed by atoms with Crippen molar-refractivity contribution < 1.29 is 24.5 Å². The lowest BCUT2D eigenvalue weighted by atomic mass is 9.73. The molecule has 1 unspecified atom stereocenters. The monoisotopic (exact) mass is 507 g/mol. The summed E-state index contributed by atoms with van der Waals surface area (Å²) in [6, 6.07) is 0. The molecule has 1 aromatic heterocycles. The molecule has 0 saturated carbocycles. The number of thiazole rings is 1. The number of rotatable bonds is 2. The molecule has 6 nitrogen and oxygen atoms in total. The molecule has 0 aromatic carbocycles. The van der Waals surface area contributed by atoms with Gasteiger partial charge in [0.2, 0.25) is 0 Å². The fourth-order valence-corrected chi connectivity index (χ4v) is 5.55. The summed E-state index contributed by atoms with van der Waals surface area (Å²) in [7, 11) is 0. The zero-order valence-electron chi connectivity index (χ0n) is 22.8. The lowest BCUT2D eigenvalue weighted by Crippen LogP contribution is -2.42. The number of aliphatic hydroxyl groups excluding tert-OH is 1. The Morgan fingerprint density at radius 3 is 2.46 bits per heavy atom. The van der Waals surface area contributed by atoms with E-state index in [1.807, 2.05) is 46.1 Å². The van der Waals surface area contributed by atoms with Gasteiger partial charge >= 0.3 is 5.97 Å². The van der Waals surface area contributed by atoms with Crippen molar-refractivity contribution in [2.45, 2.75) is 112 Å². The van der Waals surface area contributed by atoms with Crippen LogP contribution in [0.2, 0.25) is 0 Å². The van der Waals surface area contributed by atoms with Gasteiger partial charge in [0.15, 0.2) is 0 Å². The standard InChI is InChI=1S/C28H45NO5S/c1-17-10-9-11-28(8,33)20(4)14-23(18(2)13-22-16-35-21(5)29-22)34-25(31)15-24(30)27(6,7)26(32)19(3)12-17/h13,16-17,19-20,23-24,30,33H,9-12,14-15H2,1-8H3/b18-13+/t17-,19+,20-,23-,24?,28+/m0/s1. The lowest BCUT2D eigenvalue weighted by Gasteiger charge is -2.35. The van der Waals surface area contributed by atoms with E-state index in [0.717, 1.165) is 35.5 Å². The first-order valence-corrected chi connectivity index (χ1v) is 13.8. The Balaban J connectivity index is 2.36. The average molecular weight is 508 g/mol. The van der Waals surface area contributed by atoms with Crippen molar-refractivity contribution in [3.05, 3.63) is 21.7 Å². The number of cyclic esters (lactones) is 1. The Morgan fingerprint density at radius 2 is 1.86 bits per heavy atom. The van der Waals surface area contributed by atoms with Crippen LogP contribution in [0.1, 0.15) is 97.7 Å². The molecule has 1 saturated heterocycles. The number of nitrogens with zero attached hydrogens (tertiary/aromatic N) is 1. The number of aliphatic hydroxyl groups is 2. The van der Waals surface area contributed by atoms with Crippen LogP contribution in [-0.4, -0.2) is 44.8 Å². The average Bonchev–Trinajstić information content (AvgIpc) is 3.15. The predicted octanol–water partition coefficient (Wildman–Crippen LogP) is 5.74. The van der Waals surface area contributed by atoms with Crippen molar-refractivity contribution in [1.29, 1.82) is 0 Å². The van der Waals surface area contributed by atoms with Crippen LogP contribution in [0, 0.1) is 30.1 Å². The molecule has 0 bridgehead atoms. The number of hydrogen-bond acceptors (Lipinski definition) is 7. The minimum atomic E-state index is -1.14. The SMILES string of the molecule is C/C(=C\c1csc(C)n1)[C@@H]1C[C@H](C)[C@](C)(O)CCC[C@H](C)C[C@@H](C)C(=O)C(C)(C)C(O)CC(=O)O1. The minimum Gasteiger partial charge on any atom is -0.458 e. The molecule has 35 heavy (non-hydrogen) atoms. The van der Waals surface area contributed by atoms with Crippen molar-refractivity contribution >= 4 is 29.2 Å². The van der Waals surface area contributed by atoms with Gasteiger partial charge in [0.05, 0.1) is 34.2 Å². The van der Waals surface area contributed by atoms with Gasteiger partial charge in [-0.05, 0) is 63.5 Å². The van der Waals surface area contributed by atoms with Crippen LogP contribution < -0.4 is 0 Å². The van der Waals surface area contributed by atoms with E-state index < -0.39 is 29.2 Å². The number of Topliss-reactive ketones (excluding diaryl/α,β-unsaturated/α-hetero) is 1. The van der Waals surface area contributed by atoms with Crippen LogP contribution in [0.3, 0.4) is 0 Å². The first-order valence-electron chi connectivity index (χ1n) is 12.9. The largest absolute Gasteiger partial charge is 0.458 e. The quantitative estimate of drug-likeness (QED) is 0.496. The van der Waals surface area contributed by atoms with Crippen molar-refractivity contribution in [1.82, 2.24) is 4.98 Å². The van der Waals surface area contributed by atoms with Gasteiger partial charge < -0.3 is 14.9 Å². The van der Waals surface area contributed by atoms with E-state index in [9.17, 15) is 19.8 Å². The van der Waals surface area contributed by atoms with Gasteiger partial charge in [-0.15, -0.1) is 11.3 Å². The molecule has 7 heteroatoms. The molecular weight excluding hydrogens is 462 g/mol. The normalized spacial score (nSPS) is 34.5. The zero-order chi connectivity index (χ0) is 26.6. The van der Waals surface area contributed by atoms with Gasteiger partial charge in [-0.2, -0.15) is 0 Å². The number of carbonyl (C=O) groups excluding carboxylic acids is 2. The minimum absolute atomic E-state index is 0.0381.